The highest BCUT2D eigenvalue weighted by Crippen LogP contribution is 2.01. The Labute approximate surface area is 106 Å². The predicted molar refractivity (Wildman–Crippen MR) is 64.4 cm³/mol. The molecular formula is C11H20N2O5. The van der Waals surface area contributed by atoms with Crippen molar-refractivity contribution in [2.24, 2.45) is 0 Å². The molecule has 0 aromatic rings. The predicted octanol–water partition coefficient (Wildman–Crippen LogP) is 0.794. The molecule has 0 bridgehead atoms. The number of nitrogens with one attached hydrogen (secondary N) is 2. The molecule has 0 aromatic carbocycles. The summed E-state index contributed by atoms with van der Waals surface area (Å²) in [4.78, 5) is 32.5. The largest absolute Gasteiger partial charge is 0.481 e. The third kappa shape index (κ3) is 8.37. The van der Waals surface area contributed by atoms with Gasteiger partial charge in [0.15, 0.2) is 0 Å². The van der Waals surface area contributed by atoms with Gasteiger partial charge in [0, 0.05) is 13.0 Å². The number of carbonyl (C=O) groups excluding carboxylic acids is 1. The molecular weight excluding hydrogens is 240 g/mol. The molecule has 7 nitrogen and oxygen atoms in total. The fraction of sp³-hybridized carbons (Fsp3) is 0.727. The van der Waals surface area contributed by atoms with E-state index in [1.807, 2.05) is 6.92 Å². The van der Waals surface area contributed by atoms with E-state index in [0.29, 0.717) is 6.54 Å². The molecule has 0 unspecified atom stereocenters. The highest BCUT2D eigenvalue weighted by molar-refractivity contribution is 5.82. The summed E-state index contributed by atoms with van der Waals surface area (Å²) in [6, 6.07) is -1.59. The van der Waals surface area contributed by atoms with Gasteiger partial charge in [0.2, 0.25) is 0 Å². The fourth-order valence-electron chi connectivity index (χ4n) is 1.30. The van der Waals surface area contributed by atoms with Crippen LogP contribution >= 0.6 is 0 Å². The quantitative estimate of drug-likeness (QED) is 0.457. The number of carboxylic acids is 2. The van der Waals surface area contributed by atoms with E-state index in [2.05, 4.69) is 10.6 Å². The van der Waals surface area contributed by atoms with Crippen molar-refractivity contribution in [3.05, 3.63) is 0 Å². The summed E-state index contributed by atoms with van der Waals surface area (Å²) in [7, 11) is 0. The molecule has 0 aromatic heterocycles. The van der Waals surface area contributed by atoms with E-state index in [4.69, 9.17) is 10.2 Å². The molecule has 104 valence electrons. The lowest BCUT2D eigenvalue weighted by atomic mass is 10.1. The van der Waals surface area contributed by atoms with Gasteiger partial charge in [0.25, 0.3) is 0 Å². The molecule has 0 aliphatic heterocycles. The van der Waals surface area contributed by atoms with Crippen LogP contribution in [-0.4, -0.2) is 40.8 Å². The van der Waals surface area contributed by atoms with Crippen molar-refractivity contribution in [2.75, 3.05) is 6.54 Å². The van der Waals surface area contributed by atoms with Gasteiger partial charge in [-0.15, -0.1) is 0 Å². The molecule has 4 N–H and O–H groups in total. The van der Waals surface area contributed by atoms with E-state index in [1.54, 1.807) is 0 Å². The first-order chi connectivity index (χ1) is 8.47. The molecule has 0 fully saturated rings. The molecule has 0 rings (SSSR count). The molecule has 0 saturated heterocycles. The monoisotopic (exact) mass is 260 g/mol. The number of aliphatic carboxylic acids is 2. The van der Waals surface area contributed by atoms with Gasteiger partial charge in [-0.05, 0) is 19.3 Å². The molecule has 7 heteroatoms. The van der Waals surface area contributed by atoms with Crippen molar-refractivity contribution in [3.63, 3.8) is 0 Å². The number of carboxylic acid groups (broad SMARTS) is 2. The smallest absolute Gasteiger partial charge is 0.326 e. The summed E-state index contributed by atoms with van der Waals surface area (Å²) in [5.41, 5.74) is 0. The van der Waals surface area contributed by atoms with Crippen molar-refractivity contribution >= 4 is 18.0 Å². The van der Waals surface area contributed by atoms with Crippen molar-refractivity contribution in [2.45, 2.75) is 45.1 Å². The third-order valence-corrected chi connectivity index (χ3v) is 2.30. The van der Waals surface area contributed by atoms with Gasteiger partial charge >= 0.3 is 18.0 Å². The first-order valence-corrected chi connectivity index (χ1v) is 5.96. The van der Waals surface area contributed by atoms with E-state index in [1.165, 1.54) is 0 Å². The Balaban J connectivity index is 3.99. The molecule has 0 spiro atoms. The minimum atomic E-state index is -1.16. The number of amides is 2. The summed E-state index contributed by atoms with van der Waals surface area (Å²) in [5.74, 6) is -2.14. The van der Waals surface area contributed by atoms with Gasteiger partial charge in [-0.2, -0.15) is 0 Å². The second-order valence-electron chi connectivity index (χ2n) is 3.93. The molecule has 18 heavy (non-hydrogen) atoms. The Morgan fingerprint density at radius 3 is 2.33 bits per heavy atom. The average molecular weight is 260 g/mol. The number of carbonyl (C=O) groups is 3. The third-order valence-electron chi connectivity index (χ3n) is 2.30. The van der Waals surface area contributed by atoms with Crippen molar-refractivity contribution < 1.29 is 24.6 Å². The second kappa shape index (κ2) is 9.26. The zero-order valence-corrected chi connectivity index (χ0v) is 10.4. The highest BCUT2D eigenvalue weighted by atomic mass is 16.4. The molecule has 0 aliphatic rings. The lowest BCUT2D eigenvalue weighted by molar-refractivity contribution is -0.140. The van der Waals surface area contributed by atoms with E-state index in [-0.39, 0.29) is 19.3 Å². The first-order valence-electron chi connectivity index (χ1n) is 5.96. The number of urea groups is 1. The maximum atomic E-state index is 11.3. The molecule has 0 aliphatic carbocycles. The summed E-state index contributed by atoms with van der Waals surface area (Å²) < 4.78 is 0. The fourth-order valence-corrected chi connectivity index (χ4v) is 1.30. The van der Waals surface area contributed by atoms with Crippen LogP contribution in [0.3, 0.4) is 0 Å². The second-order valence-corrected chi connectivity index (χ2v) is 3.93. The lowest BCUT2D eigenvalue weighted by Gasteiger charge is -2.14. The van der Waals surface area contributed by atoms with E-state index in [9.17, 15) is 14.4 Å². The number of unbranched alkanes of at least 4 members (excludes halogenated alkanes) is 1. The summed E-state index contributed by atoms with van der Waals surface area (Å²) >= 11 is 0. The Bertz CT molecular complexity index is 293. The Kier molecular flexibility index (Phi) is 8.34. The van der Waals surface area contributed by atoms with Gasteiger partial charge in [0.05, 0.1) is 0 Å². The first kappa shape index (κ1) is 16.2. The van der Waals surface area contributed by atoms with Crippen LogP contribution in [0.2, 0.25) is 0 Å². The number of hydrogen-bond donors (Lipinski definition) is 4. The zero-order chi connectivity index (χ0) is 14.0. The van der Waals surface area contributed by atoms with Gasteiger partial charge in [0.1, 0.15) is 6.04 Å². The van der Waals surface area contributed by atoms with E-state index >= 15 is 0 Å². The number of rotatable bonds is 9. The summed E-state index contributed by atoms with van der Waals surface area (Å²) in [6.07, 6.45) is 1.96. The van der Waals surface area contributed by atoms with Crippen LogP contribution in [0.25, 0.3) is 0 Å². The van der Waals surface area contributed by atoms with Crippen molar-refractivity contribution in [1.29, 1.82) is 0 Å². The van der Waals surface area contributed by atoms with Gasteiger partial charge < -0.3 is 20.8 Å². The molecule has 0 saturated carbocycles. The standard InChI is InChI=1S/C11H20N2O5/c1-2-3-7-12-11(18)13-8(10(16)17)5-4-6-9(14)15/h8H,2-7H2,1H3,(H,14,15)(H,16,17)(H2,12,13,18)/t8-/m1/s1. The topological polar surface area (TPSA) is 116 Å². The minimum absolute atomic E-state index is 0.100. The molecule has 0 heterocycles. The van der Waals surface area contributed by atoms with Crippen molar-refractivity contribution in [1.82, 2.24) is 10.6 Å². The number of hydrogen-bond acceptors (Lipinski definition) is 3. The summed E-state index contributed by atoms with van der Waals surface area (Å²) in [6.45, 7) is 2.47. The van der Waals surface area contributed by atoms with Crippen LogP contribution in [0.4, 0.5) is 4.79 Å². The van der Waals surface area contributed by atoms with Crippen LogP contribution in [0.15, 0.2) is 0 Å². The average Bonchev–Trinajstić information content (AvgIpc) is 2.27. The Morgan fingerprint density at radius 1 is 1.17 bits per heavy atom. The molecule has 1 atom stereocenters. The van der Waals surface area contributed by atoms with Crippen LogP contribution in [-0.2, 0) is 9.59 Å². The normalized spacial score (nSPS) is 11.6. The van der Waals surface area contributed by atoms with Gasteiger partial charge in [-0.1, -0.05) is 13.3 Å². The van der Waals surface area contributed by atoms with Gasteiger partial charge in [-0.25, -0.2) is 9.59 Å². The Hall–Kier alpha value is -1.79. The highest BCUT2D eigenvalue weighted by Gasteiger charge is 2.19. The van der Waals surface area contributed by atoms with Crippen LogP contribution in [0, 0.1) is 0 Å². The lowest BCUT2D eigenvalue weighted by Crippen LogP contribution is -2.46. The molecule has 2 amide bonds. The van der Waals surface area contributed by atoms with Crippen LogP contribution in [0.5, 0.6) is 0 Å². The summed E-state index contributed by atoms with van der Waals surface area (Å²) in [5, 5.41) is 22.2. The Morgan fingerprint density at radius 2 is 1.83 bits per heavy atom. The van der Waals surface area contributed by atoms with Gasteiger partial charge in [-0.3, -0.25) is 4.79 Å². The van der Waals surface area contributed by atoms with E-state index < -0.39 is 24.0 Å². The SMILES string of the molecule is CCCCNC(=O)N[C@H](CCCC(=O)O)C(=O)O. The maximum absolute atomic E-state index is 11.3. The van der Waals surface area contributed by atoms with E-state index in [0.717, 1.165) is 12.8 Å². The van der Waals surface area contributed by atoms with Crippen molar-refractivity contribution in [3.8, 4) is 0 Å². The van der Waals surface area contributed by atoms with Crippen LogP contribution in [0.1, 0.15) is 39.0 Å². The van der Waals surface area contributed by atoms with Crippen LogP contribution < -0.4 is 10.6 Å². The maximum Gasteiger partial charge on any atom is 0.326 e. The molecule has 0 radical (unpaired) electrons. The zero-order valence-electron chi connectivity index (χ0n) is 10.4. The minimum Gasteiger partial charge on any atom is -0.481 e.